The molecule has 0 spiro atoms. The maximum absolute atomic E-state index is 13.1. The minimum absolute atomic E-state index is 0.296. The predicted octanol–water partition coefficient (Wildman–Crippen LogP) is 2.89. The molecule has 2 rings (SSSR count). The van der Waals surface area contributed by atoms with Gasteiger partial charge < -0.3 is 11.1 Å². The molecule has 0 bridgehead atoms. The first kappa shape index (κ1) is 12.3. The van der Waals surface area contributed by atoms with E-state index in [0.29, 0.717) is 23.1 Å². The second-order valence-corrected chi connectivity index (χ2v) is 3.98. The first-order valence-corrected chi connectivity index (χ1v) is 5.83. The summed E-state index contributed by atoms with van der Waals surface area (Å²) in [4.78, 5) is 8.46. The number of nitrogens with one attached hydrogen (secondary N) is 1. The van der Waals surface area contributed by atoms with Gasteiger partial charge in [-0.25, -0.2) is 14.4 Å². The SMILES string of the molecule is CCCc1nc(N)cc(Nc2cccc(F)c2)n1. The van der Waals surface area contributed by atoms with Crippen molar-refractivity contribution in [1.29, 1.82) is 0 Å². The van der Waals surface area contributed by atoms with Crippen LogP contribution in [-0.2, 0) is 6.42 Å². The maximum Gasteiger partial charge on any atom is 0.136 e. The zero-order chi connectivity index (χ0) is 13.0. The molecule has 18 heavy (non-hydrogen) atoms. The van der Waals surface area contributed by atoms with E-state index in [1.807, 2.05) is 6.92 Å². The van der Waals surface area contributed by atoms with Gasteiger partial charge in [0, 0.05) is 18.2 Å². The summed E-state index contributed by atoms with van der Waals surface area (Å²) < 4.78 is 13.1. The lowest BCUT2D eigenvalue weighted by atomic mass is 10.3. The number of hydrogen-bond donors (Lipinski definition) is 2. The average Bonchev–Trinajstić information content (AvgIpc) is 2.28. The largest absolute Gasteiger partial charge is 0.384 e. The zero-order valence-electron chi connectivity index (χ0n) is 10.2. The second kappa shape index (κ2) is 5.44. The van der Waals surface area contributed by atoms with Crippen molar-refractivity contribution in [1.82, 2.24) is 9.97 Å². The van der Waals surface area contributed by atoms with Gasteiger partial charge >= 0.3 is 0 Å². The van der Waals surface area contributed by atoms with E-state index in [-0.39, 0.29) is 5.82 Å². The standard InChI is InChI=1S/C13H15FN4/c1-2-4-12-17-11(15)8-13(18-12)16-10-6-3-5-9(14)7-10/h3,5-8H,2,4H2,1H3,(H3,15,16,17,18). The van der Waals surface area contributed by atoms with Crippen molar-refractivity contribution in [3.05, 3.63) is 42.0 Å². The summed E-state index contributed by atoms with van der Waals surface area (Å²) in [6.07, 6.45) is 1.71. The summed E-state index contributed by atoms with van der Waals surface area (Å²) in [7, 11) is 0. The molecule has 0 atom stereocenters. The number of hydrogen-bond acceptors (Lipinski definition) is 4. The quantitative estimate of drug-likeness (QED) is 0.870. The van der Waals surface area contributed by atoms with Crippen LogP contribution in [0.1, 0.15) is 19.2 Å². The number of rotatable bonds is 4. The third-order valence-electron chi connectivity index (χ3n) is 2.36. The molecule has 0 fully saturated rings. The summed E-state index contributed by atoms with van der Waals surface area (Å²) in [6.45, 7) is 2.05. The molecule has 94 valence electrons. The van der Waals surface area contributed by atoms with E-state index in [2.05, 4.69) is 15.3 Å². The van der Waals surface area contributed by atoms with Crippen molar-refractivity contribution < 1.29 is 4.39 Å². The summed E-state index contributed by atoms with van der Waals surface area (Å²) in [6, 6.07) is 7.82. The van der Waals surface area contributed by atoms with Crippen LogP contribution in [0.2, 0.25) is 0 Å². The molecule has 0 aliphatic carbocycles. The van der Waals surface area contributed by atoms with Gasteiger partial charge in [-0.05, 0) is 24.6 Å². The van der Waals surface area contributed by atoms with Crippen molar-refractivity contribution in [3.8, 4) is 0 Å². The van der Waals surface area contributed by atoms with Gasteiger partial charge in [0.1, 0.15) is 23.3 Å². The monoisotopic (exact) mass is 246 g/mol. The van der Waals surface area contributed by atoms with Gasteiger partial charge in [-0.2, -0.15) is 0 Å². The minimum atomic E-state index is -0.296. The molecule has 0 aliphatic heterocycles. The number of aryl methyl sites for hydroxylation is 1. The second-order valence-electron chi connectivity index (χ2n) is 3.98. The number of nitrogens with zero attached hydrogens (tertiary/aromatic N) is 2. The fraction of sp³-hybridized carbons (Fsp3) is 0.231. The topological polar surface area (TPSA) is 63.8 Å². The number of halogens is 1. The maximum atomic E-state index is 13.1. The lowest BCUT2D eigenvalue weighted by Gasteiger charge is -2.08. The molecular weight excluding hydrogens is 231 g/mol. The molecule has 2 aromatic rings. The molecule has 0 saturated carbocycles. The normalized spacial score (nSPS) is 10.3. The van der Waals surface area contributed by atoms with Crippen LogP contribution >= 0.6 is 0 Å². The number of nitrogens with two attached hydrogens (primary N) is 1. The highest BCUT2D eigenvalue weighted by atomic mass is 19.1. The molecule has 1 aromatic heterocycles. The van der Waals surface area contributed by atoms with Crippen LogP contribution < -0.4 is 11.1 Å². The van der Waals surface area contributed by atoms with Crippen LogP contribution in [0.15, 0.2) is 30.3 Å². The number of aromatic nitrogens is 2. The predicted molar refractivity (Wildman–Crippen MR) is 70.1 cm³/mol. The highest BCUT2D eigenvalue weighted by molar-refractivity contribution is 5.58. The first-order chi connectivity index (χ1) is 8.67. The molecule has 1 heterocycles. The number of benzene rings is 1. The molecule has 1 aromatic carbocycles. The lowest BCUT2D eigenvalue weighted by Crippen LogP contribution is -2.03. The molecular formula is C13H15FN4. The van der Waals surface area contributed by atoms with Crippen LogP contribution in [-0.4, -0.2) is 9.97 Å². The summed E-state index contributed by atoms with van der Waals surface area (Å²) in [5, 5.41) is 3.01. The number of anilines is 3. The van der Waals surface area contributed by atoms with Crippen LogP contribution in [0.3, 0.4) is 0 Å². The Hall–Kier alpha value is -2.17. The van der Waals surface area contributed by atoms with E-state index in [1.54, 1.807) is 18.2 Å². The number of nitrogen functional groups attached to an aromatic ring is 1. The molecule has 0 aliphatic rings. The Morgan fingerprint density at radius 1 is 1.28 bits per heavy atom. The van der Waals surface area contributed by atoms with E-state index in [1.165, 1.54) is 12.1 Å². The molecule has 0 unspecified atom stereocenters. The Kier molecular flexibility index (Phi) is 3.72. The van der Waals surface area contributed by atoms with E-state index in [9.17, 15) is 4.39 Å². The van der Waals surface area contributed by atoms with Crippen molar-refractivity contribution in [3.63, 3.8) is 0 Å². The molecule has 0 saturated heterocycles. The summed E-state index contributed by atoms with van der Waals surface area (Å²) >= 11 is 0. The molecule has 4 nitrogen and oxygen atoms in total. The van der Waals surface area contributed by atoms with Crippen molar-refractivity contribution in [2.75, 3.05) is 11.1 Å². The Morgan fingerprint density at radius 2 is 2.11 bits per heavy atom. The third-order valence-corrected chi connectivity index (χ3v) is 2.36. The van der Waals surface area contributed by atoms with Gasteiger partial charge in [0.05, 0.1) is 0 Å². The molecule has 0 radical (unpaired) electrons. The highest BCUT2D eigenvalue weighted by Crippen LogP contribution is 2.17. The average molecular weight is 246 g/mol. The van der Waals surface area contributed by atoms with E-state index in [0.717, 1.165) is 12.8 Å². The van der Waals surface area contributed by atoms with Crippen LogP contribution in [0.25, 0.3) is 0 Å². The highest BCUT2D eigenvalue weighted by Gasteiger charge is 2.03. The van der Waals surface area contributed by atoms with E-state index < -0.39 is 0 Å². The van der Waals surface area contributed by atoms with Crippen LogP contribution in [0.5, 0.6) is 0 Å². The fourth-order valence-electron chi connectivity index (χ4n) is 1.63. The third kappa shape index (κ3) is 3.16. The fourth-order valence-corrected chi connectivity index (χ4v) is 1.63. The first-order valence-electron chi connectivity index (χ1n) is 5.83. The zero-order valence-corrected chi connectivity index (χ0v) is 10.2. The Balaban J connectivity index is 2.23. The molecule has 5 heteroatoms. The van der Waals surface area contributed by atoms with Gasteiger partial charge in [-0.1, -0.05) is 13.0 Å². The van der Waals surface area contributed by atoms with E-state index in [4.69, 9.17) is 5.73 Å². The Morgan fingerprint density at radius 3 is 2.83 bits per heavy atom. The van der Waals surface area contributed by atoms with Gasteiger partial charge in [0.2, 0.25) is 0 Å². The van der Waals surface area contributed by atoms with Crippen molar-refractivity contribution in [2.45, 2.75) is 19.8 Å². The minimum Gasteiger partial charge on any atom is -0.384 e. The molecule has 0 amide bonds. The van der Waals surface area contributed by atoms with E-state index >= 15 is 0 Å². The van der Waals surface area contributed by atoms with Crippen molar-refractivity contribution in [2.24, 2.45) is 0 Å². The summed E-state index contributed by atoms with van der Waals surface area (Å²) in [5.41, 5.74) is 6.34. The van der Waals surface area contributed by atoms with Gasteiger partial charge in [0.15, 0.2) is 0 Å². The Bertz CT molecular complexity index is 542. The Labute approximate surface area is 105 Å². The van der Waals surface area contributed by atoms with Crippen molar-refractivity contribution >= 4 is 17.3 Å². The van der Waals surface area contributed by atoms with Crippen LogP contribution in [0.4, 0.5) is 21.7 Å². The van der Waals surface area contributed by atoms with Gasteiger partial charge in [-0.3, -0.25) is 0 Å². The van der Waals surface area contributed by atoms with Crippen LogP contribution in [0, 0.1) is 5.82 Å². The summed E-state index contributed by atoms with van der Waals surface area (Å²) in [5.74, 6) is 1.39. The van der Waals surface area contributed by atoms with Gasteiger partial charge in [-0.15, -0.1) is 0 Å². The van der Waals surface area contributed by atoms with Gasteiger partial charge in [0.25, 0.3) is 0 Å². The smallest absolute Gasteiger partial charge is 0.136 e. The lowest BCUT2D eigenvalue weighted by molar-refractivity contribution is 0.628. The molecule has 3 N–H and O–H groups in total.